The molecule has 1 aliphatic heterocycles. The van der Waals surface area contributed by atoms with Crippen LogP contribution >= 0.6 is 0 Å². The number of benzene rings is 4. The van der Waals surface area contributed by atoms with Gasteiger partial charge in [-0.25, -0.2) is 4.79 Å². The third kappa shape index (κ3) is 11.5. The Labute approximate surface area is 306 Å². The minimum atomic E-state index is -0.760. The molecule has 0 spiro atoms. The summed E-state index contributed by atoms with van der Waals surface area (Å²) in [6.07, 6.45) is 0.570. The fourth-order valence-electron chi connectivity index (χ4n) is 5.98. The molecule has 1 saturated heterocycles. The molecule has 0 aromatic heterocycles. The van der Waals surface area contributed by atoms with E-state index in [2.05, 4.69) is 68.4 Å². The van der Waals surface area contributed by atoms with Crippen LogP contribution in [0.3, 0.4) is 0 Å². The van der Waals surface area contributed by atoms with E-state index in [0.29, 0.717) is 24.9 Å². The molecule has 4 aromatic carbocycles. The quantitative estimate of drug-likeness (QED) is 0.0902. The molecule has 5 N–H and O–H groups in total. The van der Waals surface area contributed by atoms with Crippen molar-refractivity contribution in [1.29, 1.82) is 5.41 Å². The van der Waals surface area contributed by atoms with Crippen molar-refractivity contribution in [2.24, 2.45) is 0 Å². The monoisotopic (exact) mass is 703 g/mol. The van der Waals surface area contributed by atoms with Gasteiger partial charge in [0.1, 0.15) is 18.5 Å². The van der Waals surface area contributed by atoms with Crippen molar-refractivity contribution in [2.45, 2.75) is 51.5 Å². The Hall–Kier alpha value is -5.52. The number of nitrogens with zero attached hydrogens (tertiary/aromatic N) is 2. The van der Waals surface area contributed by atoms with Gasteiger partial charge in [0.25, 0.3) is 0 Å². The first-order chi connectivity index (χ1) is 25.2. The molecule has 52 heavy (non-hydrogen) atoms. The topological polar surface area (TPSA) is 139 Å². The van der Waals surface area contributed by atoms with Crippen molar-refractivity contribution in [3.05, 3.63) is 137 Å². The van der Waals surface area contributed by atoms with Gasteiger partial charge in [0.15, 0.2) is 0 Å². The van der Waals surface area contributed by atoms with Gasteiger partial charge in [-0.2, -0.15) is 0 Å². The first-order valence-electron chi connectivity index (χ1n) is 17.8. The van der Waals surface area contributed by atoms with E-state index in [0.717, 1.165) is 48.4 Å². The van der Waals surface area contributed by atoms with E-state index in [4.69, 9.17) is 10.1 Å². The lowest BCUT2D eigenvalue weighted by atomic mass is 10.0. The van der Waals surface area contributed by atoms with Crippen LogP contribution in [0.2, 0.25) is 0 Å². The largest absolute Gasteiger partial charge is 0.444 e. The second kappa shape index (κ2) is 19.2. The minimum Gasteiger partial charge on any atom is -0.444 e. The molecular formula is C41H49N7O4. The maximum atomic E-state index is 13.7. The molecule has 1 fully saturated rings. The lowest BCUT2D eigenvalue weighted by Crippen LogP contribution is -2.51. The molecule has 5 rings (SSSR count). The lowest BCUT2D eigenvalue weighted by molar-refractivity contribution is -0.129. The van der Waals surface area contributed by atoms with Crippen LogP contribution in [0, 0.1) is 5.41 Å². The predicted octanol–water partition coefficient (Wildman–Crippen LogP) is 4.60. The summed E-state index contributed by atoms with van der Waals surface area (Å²) in [5, 5.41) is 20.0. The van der Waals surface area contributed by atoms with Crippen molar-refractivity contribution in [3.63, 3.8) is 0 Å². The van der Waals surface area contributed by atoms with E-state index in [-0.39, 0.29) is 30.8 Å². The normalized spacial score (nSPS) is 14.2. The number of rotatable bonds is 15. The van der Waals surface area contributed by atoms with Gasteiger partial charge in [-0.05, 0) is 55.1 Å². The molecule has 4 aromatic rings. The predicted molar refractivity (Wildman–Crippen MR) is 204 cm³/mol. The molecule has 3 amide bonds. The molecule has 11 nitrogen and oxygen atoms in total. The third-order valence-corrected chi connectivity index (χ3v) is 9.16. The highest BCUT2D eigenvalue weighted by Crippen LogP contribution is 2.22. The number of carbonyl (C=O) groups is 3. The first kappa shape index (κ1) is 37.7. The van der Waals surface area contributed by atoms with E-state index in [1.807, 2.05) is 54.6 Å². The van der Waals surface area contributed by atoms with Gasteiger partial charge >= 0.3 is 6.09 Å². The van der Waals surface area contributed by atoms with Crippen molar-refractivity contribution in [1.82, 2.24) is 26.2 Å². The summed E-state index contributed by atoms with van der Waals surface area (Å²) in [7, 11) is 2.14. The van der Waals surface area contributed by atoms with Crippen LogP contribution in [0.4, 0.5) is 10.5 Å². The smallest absolute Gasteiger partial charge is 0.413 e. The molecule has 1 heterocycles. The highest BCUT2D eigenvalue weighted by Gasteiger charge is 2.24. The number of amides is 3. The number of anilines is 1. The van der Waals surface area contributed by atoms with E-state index >= 15 is 0 Å². The van der Waals surface area contributed by atoms with E-state index in [9.17, 15) is 14.4 Å². The number of para-hydroxylation sites is 1. The van der Waals surface area contributed by atoms with Gasteiger partial charge in [-0.1, -0.05) is 103 Å². The zero-order valence-electron chi connectivity index (χ0n) is 29.9. The van der Waals surface area contributed by atoms with Crippen molar-refractivity contribution >= 4 is 29.4 Å². The van der Waals surface area contributed by atoms with Crippen LogP contribution in [0.5, 0.6) is 0 Å². The molecule has 0 radical (unpaired) electrons. The Morgan fingerprint density at radius 2 is 1.38 bits per heavy atom. The summed E-state index contributed by atoms with van der Waals surface area (Å²) >= 11 is 0. The summed E-state index contributed by atoms with van der Waals surface area (Å²) in [4.78, 5) is 43.6. The molecule has 1 aliphatic rings. The lowest BCUT2D eigenvalue weighted by Gasteiger charge is -2.35. The molecule has 272 valence electrons. The Morgan fingerprint density at radius 1 is 0.750 bits per heavy atom. The van der Waals surface area contributed by atoms with Gasteiger partial charge in [-0.3, -0.25) is 20.3 Å². The van der Waals surface area contributed by atoms with Crippen LogP contribution in [-0.2, 0) is 40.4 Å². The fourth-order valence-corrected chi connectivity index (χ4v) is 5.98. The number of nitrogens with one attached hydrogen (secondary N) is 5. The summed E-state index contributed by atoms with van der Waals surface area (Å²) in [5.74, 6) is -0.633. The summed E-state index contributed by atoms with van der Waals surface area (Å²) in [6.45, 7) is 6.46. The maximum absolute atomic E-state index is 13.7. The van der Waals surface area contributed by atoms with E-state index < -0.39 is 18.2 Å². The van der Waals surface area contributed by atoms with Crippen LogP contribution in [0.1, 0.15) is 41.2 Å². The highest BCUT2D eigenvalue weighted by molar-refractivity contribution is 6.04. The number of piperazine rings is 1. The summed E-state index contributed by atoms with van der Waals surface area (Å²) in [6, 6.07) is 33.4. The zero-order chi connectivity index (χ0) is 36.7. The van der Waals surface area contributed by atoms with Crippen LogP contribution < -0.4 is 26.2 Å². The van der Waals surface area contributed by atoms with Crippen molar-refractivity contribution < 1.29 is 19.1 Å². The molecule has 0 bridgehead atoms. The van der Waals surface area contributed by atoms with Gasteiger partial charge in [0.2, 0.25) is 11.8 Å². The minimum absolute atomic E-state index is 0.0942. The molecule has 0 saturated carbocycles. The van der Waals surface area contributed by atoms with E-state index in [1.54, 1.807) is 31.2 Å². The molecular weight excluding hydrogens is 654 g/mol. The van der Waals surface area contributed by atoms with Gasteiger partial charge in [-0.15, -0.1) is 0 Å². The first-order valence-corrected chi connectivity index (χ1v) is 17.8. The summed E-state index contributed by atoms with van der Waals surface area (Å²) < 4.78 is 5.20. The number of hydrogen-bond acceptors (Lipinski definition) is 8. The summed E-state index contributed by atoms with van der Waals surface area (Å²) in [5.41, 5.74) is 5.60. The number of alkyl carbamates (subject to hydrolysis) is 1. The number of hydrogen-bond donors (Lipinski definition) is 5. The van der Waals surface area contributed by atoms with Crippen LogP contribution in [0.15, 0.2) is 109 Å². The van der Waals surface area contributed by atoms with Crippen molar-refractivity contribution in [2.75, 3.05) is 38.1 Å². The SMILES string of the molecule is C[C@H](NC(=O)[C@@H](CCc1ccccc1)NCc1ccccc1N1CCN(C)CC1)C(=O)NCc1ccc(C(=N)NC(=O)OCc2ccccc2)cc1. The zero-order valence-corrected chi connectivity index (χ0v) is 29.9. The molecule has 2 atom stereocenters. The molecule has 0 aliphatic carbocycles. The van der Waals surface area contributed by atoms with E-state index in [1.165, 1.54) is 5.69 Å². The molecule has 11 heteroatoms. The highest BCUT2D eigenvalue weighted by atomic mass is 16.5. The van der Waals surface area contributed by atoms with Crippen molar-refractivity contribution in [3.8, 4) is 0 Å². The number of aryl methyl sites for hydroxylation is 1. The Balaban J connectivity index is 1.12. The molecule has 0 unspecified atom stereocenters. The second-order valence-corrected chi connectivity index (χ2v) is 13.1. The number of carbonyl (C=O) groups excluding carboxylic acids is 3. The van der Waals surface area contributed by atoms with Gasteiger partial charge in [0.05, 0.1) is 6.04 Å². The average molecular weight is 704 g/mol. The number of ether oxygens (including phenoxy) is 1. The van der Waals surface area contributed by atoms with Gasteiger partial charge < -0.3 is 30.5 Å². The van der Waals surface area contributed by atoms with Crippen LogP contribution in [-0.4, -0.2) is 74.0 Å². The Bertz CT molecular complexity index is 1760. The Morgan fingerprint density at radius 3 is 2.08 bits per heavy atom. The standard InChI is InChI=1S/C41H49N7O4/c1-30(39(49)44-27-32-17-20-34(21-18-32)38(42)46-41(51)52-29-33-13-7-4-8-14-33)45-40(50)36(22-19-31-11-5-3-6-12-31)43-28-35-15-9-10-16-37(35)48-25-23-47(2)24-26-48/h3-18,20-21,30,36,43H,19,22-29H2,1-2H3,(H,44,49)(H,45,50)(H2,42,46,51)/t30-,36+/m0/s1. The average Bonchev–Trinajstić information content (AvgIpc) is 3.17. The van der Waals surface area contributed by atoms with Crippen LogP contribution in [0.25, 0.3) is 0 Å². The fraction of sp³-hybridized carbons (Fsp3) is 0.317. The number of amidine groups is 1. The Kier molecular flexibility index (Phi) is 13.9. The van der Waals surface area contributed by atoms with Gasteiger partial charge in [0, 0.05) is 50.5 Å². The number of likely N-dealkylation sites (N-methyl/N-ethyl adjacent to an activating group) is 1. The third-order valence-electron chi connectivity index (χ3n) is 9.16. The maximum Gasteiger partial charge on any atom is 0.413 e. The second-order valence-electron chi connectivity index (χ2n) is 13.1.